The summed E-state index contributed by atoms with van der Waals surface area (Å²) in [4.78, 5) is 12.7. The SMILES string of the molecule is CC1(C)CC(S(C)(=O)=O)CN1C(=O)C(F)Cl. The second-order valence-corrected chi connectivity index (χ2v) is 7.43. The smallest absolute Gasteiger partial charge is 0.273 e. The number of hydrogen-bond donors (Lipinski definition) is 0. The van der Waals surface area contributed by atoms with Crippen LogP contribution < -0.4 is 0 Å². The van der Waals surface area contributed by atoms with E-state index >= 15 is 0 Å². The molecule has 0 spiro atoms. The van der Waals surface area contributed by atoms with E-state index in [9.17, 15) is 17.6 Å². The van der Waals surface area contributed by atoms with E-state index in [2.05, 4.69) is 0 Å². The largest absolute Gasteiger partial charge is 0.333 e. The summed E-state index contributed by atoms with van der Waals surface area (Å²) < 4.78 is 35.5. The highest BCUT2D eigenvalue weighted by atomic mass is 35.5. The predicted molar refractivity (Wildman–Crippen MR) is 59.8 cm³/mol. The number of sulfone groups is 1. The first-order valence-corrected chi connectivity index (χ1v) is 7.23. The Morgan fingerprint density at radius 2 is 2.06 bits per heavy atom. The second kappa shape index (κ2) is 4.14. The van der Waals surface area contributed by atoms with Gasteiger partial charge in [0, 0.05) is 18.3 Å². The Hall–Kier alpha value is -0.360. The molecular weight excluding hydrogens is 257 g/mol. The molecule has 0 saturated carbocycles. The Balaban J connectivity index is 2.94. The fourth-order valence-corrected chi connectivity index (χ4v) is 3.22. The molecule has 0 bridgehead atoms. The lowest BCUT2D eigenvalue weighted by molar-refractivity contribution is -0.136. The van der Waals surface area contributed by atoms with E-state index in [1.54, 1.807) is 13.8 Å². The molecule has 0 N–H and O–H groups in total. The van der Waals surface area contributed by atoms with E-state index in [0.29, 0.717) is 6.42 Å². The molecule has 2 atom stereocenters. The van der Waals surface area contributed by atoms with E-state index in [1.165, 1.54) is 4.90 Å². The van der Waals surface area contributed by atoms with Crippen LogP contribution in [0, 0.1) is 0 Å². The van der Waals surface area contributed by atoms with E-state index < -0.39 is 32.2 Å². The van der Waals surface area contributed by atoms with Gasteiger partial charge in [-0.15, -0.1) is 0 Å². The second-order valence-electron chi connectivity index (χ2n) is 4.72. The van der Waals surface area contributed by atoms with Gasteiger partial charge in [0.2, 0.25) is 0 Å². The predicted octanol–water partition coefficient (Wildman–Crippen LogP) is 0.945. The van der Waals surface area contributed by atoms with Gasteiger partial charge in [-0.2, -0.15) is 0 Å². The average molecular weight is 272 g/mol. The Morgan fingerprint density at radius 3 is 2.38 bits per heavy atom. The maximum absolute atomic E-state index is 12.7. The summed E-state index contributed by atoms with van der Waals surface area (Å²) in [6.07, 6.45) is 1.43. The summed E-state index contributed by atoms with van der Waals surface area (Å²) in [5.41, 5.74) is -2.79. The van der Waals surface area contributed by atoms with Crippen LogP contribution in [0.4, 0.5) is 4.39 Å². The first-order valence-electron chi connectivity index (χ1n) is 4.84. The third kappa shape index (κ3) is 2.66. The Morgan fingerprint density at radius 1 is 1.56 bits per heavy atom. The number of amides is 1. The first kappa shape index (κ1) is 13.7. The highest BCUT2D eigenvalue weighted by Crippen LogP contribution is 2.33. The molecule has 94 valence electrons. The average Bonchev–Trinajstić information content (AvgIpc) is 2.39. The number of carbonyl (C=O) groups is 1. The van der Waals surface area contributed by atoms with Crippen molar-refractivity contribution in [3.05, 3.63) is 0 Å². The van der Waals surface area contributed by atoms with Gasteiger partial charge in [0.1, 0.15) is 0 Å². The Labute approximate surface area is 99.7 Å². The fourth-order valence-electron chi connectivity index (χ4n) is 1.98. The molecule has 1 amide bonds. The van der Waals surface area contributed by atoms with Gasteiger partial charge in [0.15, 0.2) is 9.84 Å². The summed E-state index contributed by atoms with van der Waals surface area (Å²) in [5.74, 6) is -0.863. The van der Waals surface area contributed by atoms with Crippen molar-refractivity contribution in [3.8, 4) is 0 Å². The number of carbonyl (C=O) groups excluding carboxylic acids is 1. The molecule has 0 radical (unpaired) electrons. The van der Waals surface area contributed by atoms with Crippen LogP contribution in [0.15, 0.2) is 0 Å². The number of hydrogen-bond acceptors (Lipinski definition) is 3. The lowest BCUT2D eigenvalue weighted by Crippen LogP contribution is -2.45. The number of halogens is 2. The molecule has 1 rings (SSSR count). The third-order valence-electron chi connectivity index (χ3n) is 2.90. The van der Waals surface area contributed by atoms with Gasteiger partial charge in [-0.1, -0.05) is 11.6 Å². The first-order chi connectivity index (χ1) is 7.05. The monoisotopic (exact) mass is 271 g/mol. The number of alkyl halides is 2. The quantitative estimate of drug-likeness (QED) is 0.703. The van der Waals surface area contributed by atoms with Crippen LogP contribution in [-0.2, 0) is 14.6 Å². The van der Waals surface area contributed by atoms with Crippen molar-refractivity contribution in [1.82, 2.24) is 4.90 Å². The van der Waals surface area contributed by atoms with Crippen molar-refractivity contribution in [2.75, 3.05) is 12.8 Å². The van der Waals surface area contributed by atoms with E-state index in [0.717, 1.165) is 6.26 Å². The zero-order chi connectivity index (χ0) is 12.7. The van der Waals surface area contributed by atoms with Crippen molar-refractivity contribution >= 4 is 27.3 Å². The van der Waals surface area contributed by atoms with Crippen LogP contribution in [0.3, 0.4) is 0 Å². The molecule has 1 saturated heterocycles. The lowest BCUT2D eigenvalue weighted by atomic mass is 10.0. The van der Waals surface area contributed by atoms with Crippen LogP contribution in [0.5, 0.6) is 0 Å². The Kier molecular flexibility index (Phi) is 3.55. The molecule has 4 nitrogen and oxygen atoms in total. The molecule has 1 aliphatic rings. The van der Waals surface area contributed by atoms with Crippen LogP contribution in [0.25, 0.3) is 0 Å². The van der Waals surface area contributed by atoms with Crippen LogP contribution in [-0.4, -0.2) is 48.4 Å². The summed E-state index contributed by atoms with van der Waals surface area (Å²) in [5, 5.41) is -0.637. The molecule has 1 fully saturated rings. The maximum Gasteiger partial charge on any atom is 0.273 e. The van der Waals surface area contributed by atoms with Gasteiger partial charge in [-0.25, -0.2) is 12.8 Å². The number of rotatable bonds is 2. The Bertz CT molecular complexity index is 394. The molecule has 0 aromatic heterocycles. The van der Waals surface area contributed by atoms with Crippen molar-refractivity contribution in [2.24, 2.45) is 0 Å². The number of likely N-dealkylation sites (tertiary alicyclic amines) is 1. The van der Waals surface area contributed by atoms with Crippen LogP contribution in [0.1, 0.15) is 20.3 Å². The van der Waals surface area contributed by atoms with Gasteiger partial charge in [0.05, 0.1) is 5.25 Å². The topological polar surface area (TPSA) is 54.5 Å². The third-order valence-corrected chi connectivity index (χ3v) is 4.62. The van der Waals surface area contributed by atoms with Crippen LogP contribution in [0.2, 0.25) is 0 Å². The maximum atomic E-state index is 12.7. The van der Waals surface area contributed by atoms with E-state index in [1.807, 2.05) is 0 Å². The molecule has 16 heavy (non-hydrogen) atoms. The zero-order valence-corrected chi connectivity index (χ0v) is 11.0. The molecule has 2 unspecified atom stereocenters. The standard InChI is InChI=1S/C9H15ClFNO3S/c1-9(2)4-6(16(3,14)15)5-12(9)8(13)7(10)11/h6-7H,4-5H2,1-3H3. The summed E-state index contributed by atoms with van der Waals surface area (Å²) >= 11 is 5.09. The normalized spacial score (nSPS) is 26.8. The minimum Gasteiger partial charge on any atom is -0.333 e. The molecule has 0 aromatic rings. The van der Waals surface area contributed by atoms with Gasteiger partial charge >= 0.3 is 0 Å². The van der Waals surface area contributed by atoms with Crippen molar-refractivity contribution in [1.29, 1.82) is 0 Å². The minimum atomic E-state index is -3.23. The summed E-state index contributed by atoms with van der Waals surface area (Å²) in [6, 6.07) is 0. The van der Waals surface area contributed by atoms with Gasteiger partial charge < -0.3 is 4.90 Å². The van der Waals surface area contributed by atoms with Crippen molar-refractivity contribution in [2.45, 2.75) is 36.7 Å². The molecule has 7 heteroatoms. The summed E-state index contributed by atoms with van der Waals surface area (Å²) in [7, 11) is -3.23. The molecule has 0 aromatic carbocycles. The molecule has 0 aliphatic carbocycles. The van der Waals surface area contributed by atoms with E-state index in [4.69, 9.17) is 11.6 Å². The highest BCUT2D eigenvalue weighted by molar-refractivity contribution is 7.91. The van der Waals surface area contributed by atoms with Crippen molar-refractivity contribution in [3.63, 3.8) is 0 Å². The van der Waals surface area contributed by atoms with Gasteiger partial charge in [-0.05, 0) is 20.3 Å². The highest BCUT2D eigenvalue weighted by Gasteiger charge is 2.46. The lowest BCUT2D eigenvalue weighted by Gasteiger charge is -2.31. The molecular formula is C9H15ClFNO3S. The van der Waals surface area contributed by atoms with Gasteiger partial charge in [0.25, 0.3) is 11.5 Å². The fraction of sp³-hybridized carbons (Fsp3) is 0.889. The van der Waals surface area contributed by atoms with Gasteiger partial charge in [-0.3, -0.25) is 4.79 Å². The van der Waals surface area contributed by atoms with E-state index in [-0.39, 0.29) is 6.54 Å². The zero-order valence-electron chi connectivity index (χ0n) is 9.41. The molecule has 1 heterocycles. The van der Waals surface area contributed by atoms with Crippen LogP contribution >= 0.6 is 11.6 Å². The molecule has 1 aliphatic heterocycles. The van der Waals surface area contributed by atoms with Crippen molar-refractivity contribution < 1.29 is 17.6 Å². The minimum absolute atomic E-state index is 0.0117. The summed E-state index contributed by atoms with van der Waals surface area (Å²) in [6.45, 7) is 3.42. The number of nitrogens with zero attached hydrogens (tertiary/aromatic N) is 1.